The van der Waals surface area contributed by atoms with Crippen LogP contribution in [0.25, 0.3) is 0 Å². The lowest BCUT2D eigenvalue weighted by atomic mass is 9.56. The highest BCUT2D eigenvalue weighted by molar-refractivity contribution is 8.01. The molecule has 3 heteroatoms. The molecule has 2 nitrogen and oxygen atoms in total. The second-order valence-electron chi connectivity index (χ2n) is 7.30. The summed E-state index contributed by atoms with van der Waals surface area (Å²) in [6, 6.07) is 9.80. The van der Waals surface area contributed by atoms with Gasteiger partial charge in [0.15, 0.2) is 0 Å². The highest BCUT2D eigenvalue weighted by atomic mass is 32.2. The molecule has 4 fully saturated rings. The van der Waals surface area contributed by atoms with Crippen LogP contribution in [0.15, 0.2) is 30.3 Å². The molecule has 0 spiro atoms. The molecule has 0 saturated heterocycles. The van der Waals surface area contributed by atoms with Crippen LogP contribution in [0.2, 0.25) is 0 Å². The fourth-order valence-electron chi connectivity index (χ4n) is 5.15. The Kier molecular flexibility index (Phi) is 3.49. The van der Waals surface area contributed by atoms with Gasteiger partial charge in [-0.3, -0.25) is 4.79 Å². The number of carbonyl (C=O) groups excluding carboxylic acids is 1. The van der Waals surface area contributed by atoms with Gasteiger partial charge < -0.3 is 5.32 Å². The normalized spacial score (nSPS) is 36.7. The third kappa shape index (κ3) is 2.85. The van der Waals surface area contributed by atoms with E-state index in [4.69, 9.17) is 0 Å². The first-order valence-electron chi connectivity index (χ1n) is 8.20. The van der Waals surface area contributed by atoms with E-state index in [9.17, 15) is 4.79 Å². The van der Waals surface area contributed by atoms with Crippen LogP contribution < -0.4 is 5.32 Å². The Hall–Kier alpha value is -0.960. The number of thioether (sulfide) groups is 1. The van der Waals surface area contributed by atoms with E-state index >= 15 is 0 Å². The Morgan fingerprint density at radius 2 is 1.62 bits per heavy atom. The first kappa shape index (κ1) is 13.7. The third-order valence-electron chi connectivity index (χ3n) is 5.55. The molecule has 5 rings (SSSR count). The van der Waals surface area contributed by atoms with E-state index in [0.29, 0.717) is 10.5 Å². The molecule has 4 aliphatic rings. The van der Waals surface area contributed by atoms with Crippen molar-refractivity contribution in [1.29, 1.82) is 0 Å². The predicted molar refractivity (Wildman–Crippen MR) is 88.4 cm³/mol. The molecule has 0 heterocycles. The van der Waals surface area contributed by atoms with Crippen LogP contribution in [-0.4, -0.2) is 16.4 Å². The Balaban J connectivity index is 1.35. The first-order chi connectivity index (χ1) is 10.2. The number of benzene rings is 1. The molecule has 4 aliphatic carbocycles. The number of hydrogen-bond donors (Lipinski definition) is 1. The summed E-state index contributed by atoms with van der Waals surface area (Å²) >= 11 is 1.95. The second-order valence-corrected chi connectivity index (χ2v) is 8.75. The number of nitrogens with one attached hydrogen (secondary N) is 1. The van der Waals surface area contributed by atoms with Crippen molar-refractivity contribution in [2.45, 2.75) is 43.3 Å². The maximum Gasteiger partial charge on any atom is 0.234 e. The van der Waals surface area contributed by atoms with Crippen LogP contribution in [0, 0.1) is 17.8 Å². The van der Waals surface area contributed by atoms with E-state index in [2.05, 4.69) is 5.32 Å². The van der Waals surface area contributed by atoms with Gasteiger partial charge in [-0.1, -0.05) is 18.2 Å². The highest BCUT2D eigenvalue weighted by Gasteiger charge is 2.51. The number of carbonyl (C=O) groups is 1. The van der Waals surface area contributed by atoms with Gasteiger partial charge in [0.2, 0.25) is 5.91 Å². The lowest BCUT2D eigenvalue weighted by molar-refractivity contribution is -0.113. The topological polar surface area (TPSA) is 29.1 Å². The van der Waals surface area contributed by atoms with Crippen molar-refractivity contribution in [3.63, 3.8) is 0 Å². The molecular formula is C18H23NOS. The smallest absolute Gasteiger partial charge is 0.234 e. The van der Waals surface area contributed by atoms with Crippen LogP contribution in [-0.2, 0) is 4.79 Å². The van der Waals surface area contributed by atoms with Crippen molar-refractivity contribution in [2.75, 3.05) is 11.1 Å². The van der Waals surface area contributed by atoms with Crippen molar-refractivity contribution < 1.29 is 4.79 Å². The number of hydrogen-bond acceptors (Lipinski definition) is 2. The number of anilines is 1. The summed E-state index contributed by atoms with van der Waals surface area (Å²) < 4.78 is 0.433. The van der Waals surface area contributed by atoms with E-state index in [1.165, 1.54) is 38.5 Å². The minimum atomic E-state index is 0.155. The first-order valence-corrected chi connectivity index (χ1v) is 9.18. The van der Waals surface area contributed by atoms with Gasteiger partial charge in [0, 0.05) is 10.4 Å². The van der Waals surface area contributed by atoms with E-state index in [0.717, 1.165) is 23.4 Å². The largest absolute Gasteiger partial charge is 0.325 e. The van der Waals surface area contributed by atoms with Gasteiger partial charge in [-0.05, 0) is 68.4 Å². The average Bonchev–Trinajstić information content (AvgIpc) is 2.45. The quantitative estimate of drug-likeness (QED) is 0.897. The van der Waals surface area contributed by atoms with Crippen molar-refractivity contribution in [3.05, 3.63) is 30.3 Å². The molecule has 1 N–H and O–H groups in total. The number of para-hydroxylation sites is 1. The summed E-state index contributed by atoms with van der Waals surface area (Å²) in [7, 11) is 0. The minimum absolute atomic E-state index is 0.155. The number of amides is 1. The molecule has 0 atom stereocenters. The molecule has 0 radical (unpaired) electrons. The molecule has 4 bridgehead atoms. The number of rotatable bonds is 4. The van der Waals surface area contributed by atoms with Crippen molar-refractivity contribution >= 4 is 23.4 Å². The van der Waals surface area contributed by atoms with Gasteiger partial charge in [-0.25, -0.2) is 0 Å². The molecule has 4 saturated carbocycles. The van der Waals surface area contributed by atoms with Crippen molar-refractivity contribution in [3.8, 4) is 0 Å². The predicted octanol–water partition coefficient (Wildman–Crippen LogP) is 4.33. The zero-order valence-corrected chi connectivity index (χ0v) is 13.2. The van der Waals surface area contributed by atoms with Gasteiger partial charge in [-0.2, -0.15) is 0 Å². The van der Waals surface area contributed by atoms with Gasteiger partial charge in [-0.15, -0.1) is 11.8 Å². The molecule has 0 aliphatic heterocycles. The standard InChI is InChI=1S/C18H23NOS/c20-17(19-16-4-2-1-3-5-16)12-21-18-9-13-6-14(10-18)8-15(7-13)11-18/h1-5,13-15H,6-12H2,(H,19,20). The molecule has 1 aromatic carbocycles. The fraction of sp³-hybridized carbons (Fsp3) is 0.611. The monoisotopic (exact) mass is 301 g/mol. The molecule has 112 valence electrons. The summed E-state index contributed by atoms with van der Waals surface area (Å²) in [6.45, 7) is 0. The van der Waals surface area contributed by atoms with Gasteiger partial charge in [0.25, 0.3) is 0 Å². The Morgan fingerprint density at radius 1 is 1.05 bits per heavy atom. The zero-order chi connectivity index (χ0) is 14.3. The molecule has 0 unspecified atom stereocenters. The van der Waals surface area contributed by atoms with Crippen LogP contribution in [0.4, 0.5) is 5.69 Å². The van der Waals surface area contributed by atoms with Gasteiger partial charge in [0.1, 0.15) is 0 Å². The summed E-state index contributed by atoms with van der Waals surface area (Å²) in [6.07, 6.45) is 8.49. The fourth-order valence-corrected chi connectivity index (χ4v) is 6.72. The summed E-state index contributed by atoms with van der Waals surface area (Å²) in [5.41, 5.74) is 0.911. The van der Waals surface area contributed by atoms with Crippen LogP contribution in [0.5, 0.6) is 0 Å². The van der Waals surface area contributed by atoms with Crippen molar-refractivity contribution in [1.82, 2.24) is 0 Å². The average molecular weight is 301 g/mol. The summed E-state index contributed by atoms with van der Waals surface area (Å²) in [5.74, 6) is 3.64. The maximum absolute atomic E-state index is 12.2. The lowest BCUT2D eigenvalue weighted by Gasteiger charge is -2.56. The molecule has 0 aromatic heterocycles. The van der Waals surface area contributed by atoms with E-state index in [1.807, 2.05) is 42.1 Å². The summed E-state index contributed by atoms with van der Waals surface area (Å²) in [5, 5.41) is 3.01. The Labute approximate surface area is 131 Å². The Morgan fingerprint density at radius 3 is 2.19 bits per heavy atom. The third-order valence-corrected chi connectivity index (χ3v) is 7.07. The second kappa shape index (κ2) is 5.35. The van der Waals surface area contributed by atoms with Crippen LogP contribution in [0.3, 0.4) is 0 Å². The maximum atomic E-state index is 12.2. The van der Waals surface area contributed by atoms with E-state index < -0.39 is 0 Å². The van der Waals surface area contributed by atoms with Crippen LogP contribution in [0.1, 0.15) is 38.5 Å². The van der Waals surface area contributed by atoms with Crippen molar-refractivity contribution in [2.24, 2.45) is 17.8 Å². The lowest BCUT2D eigenvalue weighted by Crippen LogP contribution is -2.49. The van der Waals surface area contributed by atoms with Gasteiger partial charge >= 0.3 is 0 Å². The minimum Gasteiger partial charge on any atom is -0.325 e. The molecule has 1 amide bonds. The highest BCUT2D eigenvalue weighted by Crippen LogP contribution is 2.60. The van der Waals surface area contributed by atoms with Gasteiger partial charge in [0.05, 0.1) is 5.75 Å². The van der Waals surface area contributed by atoms with Crippen LogP contribution >= 0.6 is 11.8 Å². The molecule has 21 heavy (non-hydrogen) atoms. The van der Waals surface area contributed by atoms with E-state index in [-0.39, 0.29) is 5.91 Å². The SMILES string of the molecule is O=C(CSC12CC3CC(CC(C3)C1)C2)Nc1ccccc1. The molecular weight excluding hydrogens is 278 g/mol. The molecule has 1 aromatic rings. The zero-order valence-electron chi connectivity index (χ0n) is 12.4. The van der Waals surface area contributed by atoms with E-state index in [1.54, 1.807) is 0 Å². The summed E-state index contributed by atoms with van der Waals surface area (Å²) in [4.78, 5) is 12.2. The Bertz CT molecular complexity index is 492.